The summed E-state index contributed by atoms with van der Waals surface area (Å²) in [7, 11) is 1.30. The molecule has 5 nitrogen and oxygen atoms in total. The van der Waals surface area contributed by atoms with Gasteiger partial charge in [0.1, 0.15) is 5.56 Å². The number of esters is 1. The molecule has 0 aliphatic rings. The van der Waals surface area contributed by atoms with Gasteiger partial charge in [-0.05, 0) is 17.7 Å². The molecule has 0 bridgehead atoms. The number of methoxy groups -OCH3 is 1. The first-order valence-corrected chi connectivity index (χ1v) is 5.63. The van der Waals surface area contributed by atoms with E-state index in [9.17, 15) is 4.79 Å². The van der Waals surface area contributed by atoms with Crippen molar-refractivity contribution in [2.75, 3.05) is 12.8 Å². The molecule has 2 N–H and O–H groups in total. The molecule has 6 heteroatoms. The molecule has 94 valence electrons. The van der Waals surface area contributed by atoms with E-state index in [4.69, 9.17) is 17.3 Å². The summed E-state index contributed by atoms with van der Waals surface area (Å²) in [4.78, 5) is 11.4. The largest absolute Gasteiger partial charge is 0.465 e. The lowest BCUT2D eigenvalue weighted by atomic mass is 10.2. The molecule has 0 saturated heterocycles. The SMILES string of the molecule is COC(=O)c1cn(Cc2cccc(Cl)c2)nc1N. The highest BCUT2D eigenvalue weighted by molar-refractivity contribution is 6.30. The van der Waals surface area contributed by atoms with E-state index in [0.717, 1.165) is 5.56 Å². The van der Waals surface area contributed by atoms with Crippen LogP contribution >= 0.6 is 11.6 Å². The third kappa shape index (κ3) is 2.62. The van der Waals surface area contributed by atoms with Gasteiger partial charge >= 0.3 is 5.97 Å². The van der Waals surface area contributed by atoms with Gasteiger partial charge in [0.2, 0.25) is 0 Å². The number of benzene rings is 1. The van der Waals surface area contributed by atoms with Gasteiger partial charge in [0.15, 0.2) is 5.82 Å². The highest BCUT2D eigenvalue weighted by Crippen LogP contribution is 2.14. The quantitative estimate of drug-likeness (QED) is 0.861. The number of hydrogen-bond acceptors (Lipinski definition) is 4. The molecular formula is C12H12ClN3O2. The van der Waals surface area contributed by atoms with Crippen molar-refractivity contribution in [1.82, 2.24) is 9.78 Å². The number of halogens is 1. The first kappa shape index (κ1) is 12.4. The van der Waals surface area contributed by atoms with Gasteiger partial charge in [-0.15, -0.1) is 0 Å². The summed E-state index contributed by atoms with van der Waals surface area (Å²) >= 11 is 5.89. The van der Waals surface area contributed by atoms with E-state index in [1.165, 1.54) is 7.11 Å². The maximum absolute atomic E-state index is 11.4. The predicted molar refractivity (Wildman–Crippen MR) is 68.5 cm³/mol. The van der Waals surface area contributed by atoms with E-state index in [1.54, 1.807) is 16.9 Å². The molecule has 2 rings (SSSR count). The Morgan fingerprint density at radius 2 is 2.33 bits per heavy atom. The maximum atomic E-state index is 11.4. The van der Waals surface area contributed by atoms with Gasteiger partial charge in [-0.25, -0.2) is 4.79 Å². The van der Waals surface area contributed by atoms with Crippen LogP contribution in [0.3, 0.4) is 0 Å². The van der Waals surface area contributed by atoms with Gasteiger partial charge < -0.3 is 10.5 Å². The number of nitrogens with zero attached hydrogens (tertiary/aromatic N) is 2. The fraction of sp³-hybridized carbons (Fsp3) is 0.167. The zero-order chi connectivity index (χ0) is 13.1. The van der Waals surface area contributed by atoms with Crippen LogP contribution in [0.2, 0.25) is 5.02 Å². The molecule has 2 aromatic rings. The molecule has 0 aliphatic carbocycles. The van der Waals surface area contributed by atoms with E-state index in [1.807, 2.05) is 18.2 Å². The number of anilines is 1. The van der Waals surface area contributed by atoms with Gasteiger partial charge in [0.05, 0.1) is 13.7 Å². The summed E-state index contributed by atoms with van der Waals surface area (Å²) in [5.41, 5.74) is 6.88. The summed E-state index contributed by atoms with van der Waals surface area (Å²) < 4.78 is 6.18. The number of aromatic nitrogens is 2. The van der Waals surface area contributed by atoms with Gasteiger partial charge in [-0.2, -0.15) is 5.10 Å². The summed E-state index contributed by atoms with van der Waals surface area (Å²) in [6.07, 6.45) is 1.56. The molecule has 1 aromatic heterocycles. The van der Waals surface area contributed by atoms with Gasteiger partial charge in [0, 0.05) is 11.2 Å². The number of ether oxygens (including phenoxy) is 1. The first-order valence-electron chi connectivity index (χ1n) is 5.26. The molecule has 1 heterocycles. The van der Waals surface area contributed by atoms with Gasteiger partial charge in [0.25, 0.3) is 0 Å². The molecule has 0 saturated carbocycles. The lowest BCUT2D eigenvalue weighted by molar-refractivity contribution is 0.0602. The van der Waals surface area contributed by atoms with Crippen LogP contribution in [-0.4, -0.2) is 22.9 Å². The fourth-order valence-electron chi connectivity index (χ4n) is 1.61. The molecule has 0 fully saturated rings. The van der Waals surface area contributed by atoms with E-state index in [2.05, 4.69) is 9.84 Å². The number of hydrogen-bond donors (Lipinski definition) is 1. The van der Waals surface area contributed by atoms with Crippen LogP contribution in [0, 0.1) is 0 Å². The third-order valence-electron chi connectivity index (χ3n) is 2.43. The Kier molecular flexibility index (Phi) is 3.53. The molecule has 0 amide bonds. The summed E-state index contributed by atoms with van der Waals surface area (Å²) in [5.74, 6) is -0.339. The van der Waals surface area contributed by atoms with Crippen LogP contribution in [0.4, 0.5) is 5.82 Å². The number of carbonyl (C=O) groups is 1. The number of carbonyl (C=O) groups excluding carboxylic acids is 1. The second-order valence-corrected chi connectivity index (χ2v) is 4.18. The predicted octanol–water partition coefficient (Wildman–Crippen LogP) is 1.95. The lowest BCUT2D eigenvalue weighted by Crippen LogP contribution is -2.02. The lowest BCUT2D eigenvalue weighted by Gasteiger charge is -2.01. The Morgan fingerprint density at radius 1 is 1.56 bits per heavy atom. The van der Waals surface area contributed by atoms with Crippen LogP contribution in [0.1, 0.15) is 15.9 Å². The number of rotatable bonds is 3. The molecule has 1 aromatic carbocycles. The van der Waals surface area contributed by atoms with Gasteiger partial charge in [-0.3, -0.25) is 4.68 Å². The first-order chi connectivity index (χ1) is 8.60. The molecule has 18 heavy (non-hydrogen) atoms. The molecule has 0 aliphatic heterocycles. The minimum Gasteiger partial charge on any atom is -0.465 e. The van der Waals surface area contributed by atoms with E-state index >= 15 is 0 Å². The van der Waals surface area contributed by atoms with Crippen LogP contribution in [0.15, 0.2) is 30.5 Å². The summed E-state index contributed by atoms with van der Waals surface area (Å²) in [5, 5.41) is 4.71. The summed E-state index contributed by atoms with van der Waals surface area (Å²) in [6, 6.07) is 7.40. The molecule has 0 spiro atoms. The van der Waals surface area contributed by atoms with E-state index in [0.29, 0.717) is 11.6 Å². The van der Waals surface area contributed by atoms with Crippen LogP contribution < -0.4 is 5.73 Å². The van der Waals surface area contributed by atoms with Crippen LogP contribution in [0.25, 0.3) is 0 Å². The van der Waals surface area contributed by atoms with Gasteiger partial charge in [-0.1, -0.05) is 23.7 Å². The van der Waals surface area contributed by atoms with Crippen molar-refractivity contribution in [2.45, 2.75) is 6.54 Å². The smallest absolute Gasteiger partial charge is 0.343 e. The van der Waals surface area contributed by atoms with E-state index < -0.39 is 5.97 Å². The average molecular weight is 266 g/mol. The second kappa shape index (κ2) is 5.10. The standard InChI is InChI=1S/C12H12ClN3O2/c1-18-12(17)10-7-16(15-11(10)14)6-8-3-2-4-9(13)5-8/h2-5,7H,6H2,1H3,(H2,14,15). The van der Waals surface area contributed by atoms with Crippen molar-refractivity contribution in [2.24, 2.45) is 0 Å². The third-order valence-corrected chi connectivity index (χ3v) is 2.66. The molecule has 0 radical (unpaired) electrons. The monoisotopic (exact) mass is 265 g/mol. The Bertz CT molecular complexity index is 580. The number of nitrogens with two attached hydrogens (primary N) is 1. The van der Waals surface area contributed by atoms with E-state index in [-0.39, 0.29) is 11.4 Å². The Morgan fingerprint density at radius 3 is 3.00 bits per heavy atom. The van der Waals surface area contributed by atoms with Crippen molar-refractivity contribution >= 4 is 23.4 Å². The minimum absolute atomic E-state index is 0.156. The van der Waals surface area contributed by atoms with Crippen LogP contribution in [-0.2, 0) is 11.3 Å². The Hall–Kier alpha value is -2.01. The Labute approximate surface area is 109 Å². The topological polar surface area (TPSA) is 70.1 Å². The van der Waals surface area contributed by atoms with Crippen molar-refractivity contribution in [3.63, 3.8) is 0 Å². The molecule has 0 atom stereocenters. The Balaban J connectivity index is 2.23. The second-order valence-electron chi connectivity index (χ2n) is 3.75. The molecular weight excluding hydrogens is 254 g/mol. The van der Waals surface area contributed by atoms with Crippen molar-refractivity contribution in [3.05, 3.63) is 46.6 Å². The van der Waals surface area contributed by atoms with Crippen molar-refractivity contribution in [1.29, 1.82) is 0 Å². The zero-order valence-corrected chi connectivity index (χ0v) is 10.5. The highest BCUT2D eigenvalue weighted by atomic mass is 35.5. The fourth-order valence-corrected chi connectivity index (χ4v) is 1.82. The summed E-state index contributed by atoms with van der Waals surface area (Å²) in [6.45, 7) is 0.488. The maximum Gasteiger partial charge on any atom is 0.343 e. The minimum atomic E-state index is -0.496. The molecule has 0 unspecified atom stereocenters. The number of nitrogen functional groups attached to an aromatic ring is 1. The highest BCUT2D eigenvalue weighted by Gasteiger charge is 2.14. The zero-order valence-electron chi connectivity index (χ0n) is 9.76. The average Bonchev–Trinajstić information content (AvgIpc) is 2.69. The van der Waals surface area contributed by atoms with Crippen molar-refractivity contribution < 1.29 is 9.53 Å². The van der Waals surface area contributed by atoms with Crippen molar-refractivity contribution in [3.8, 4) is 0 Å². The normalized spacial score (nSPS) is 10.3. The van der Waals surface area contributed by atoms with Crippen LogP contribution in [0.5, 0.6) is 0 Å².